The van der Waals surface area contributed by atoms with Crippen molar-refractivity contribution in [3.63, 3.8) is 0 Å². The monoisotopic (exact) mass is 369 g/mol. The molecule has 0 saturated heterocycles. The summed E-state index contributed by atoms with van der Waals surface area (Å²) in [4.78, 5) is 18.6. The zero-order valence-corrected chi connectivity index (χ0v) is 15.4. The largest absolute Gasteiger partial charge is 0.347 e. The fraction of sp³-hybridized carbons (Fsp3) is 0.300. The smallest absolute Gasteiger partial charge is 0.261 e. The summed E-state index contributed by atoms with van der Waals surface area (Å²) in [6.07, 6.45) is 7.92. The summed E-state index contributed by atoms with van der Waals surface area (Å²) in [5, 5.41) is 2.90. The molecule has 4 rings (SSSR count). The quantitative estimate of drug-likeness (QED) is 0.750. The first kappa shape index (κ1) is 17.0. The van der Waals surface area contributed by atoms with Crippen molar-refractivity contribution >= 4 is 17.2 Å². The number of rotatable bonds is 4. The molecule has 0 spiro atoms. The Morgan fingerprint density at radius 2 is 2.15 bits per heavy atom. The van der Waals surface area contributed by atoms with Crippen molar-refractivity contribution in [2.24, 2.45) is 0 Å². The number of benzene rings is 1. The third kappa shape index (κ3) is 3.29. The molecule has 0 aliphatic heterocycles. The first-order valence-corrected chi connectivity index (χ1v) is 9.62. The fourth-order valence-electron chi connectivity index (χ4n) is 3.36. The molecule has 134 valence electrons. The van der Waals surface area contributed by atoms with Crippen LogP contribution in [-0.2, 0) is 19.4 Å². The summed E-state index contributed by atoms with van der Waals surface area (Å²) in [7, 11) is 0. The lowest BCUT2D eigenvalue weighted by atomic mass is 9.99. The van der Waals surface area contributed by atoms with Crippen molar-refractivity contribution in [1.29, 1.82) is 0 Å². The second-order valence-corrected chi connectivity index (χ2v) is 7.72. The van der Waals surface area contributed by atoms with Gasteiger partial charge in [0.05, 0.1) is 10.6 Å². The third-order valence-corrected chi connectivity index (χ3v) is 6.01. The minimum atomic E-state index is -0.329. The number of halogens is 1. The topological polar surface area (TPSA) is 46.9 Å². The highest BCUT2D eigenvalue weighted by Crippen LogP contribution is 2.29. The van der Waals surface area contributed by atoms with Crippen molar-refractivity contribution in [3.8, 4) is 5.69 Å². The van der Waals surface area contributed by atoms with E-state index in [4.69, 9.17) is 0 Å². The number of nitrogens with one attached hydrogen (secondary N) is 1. The Bertz CT molecular complexity index is 936. The number of hydrogen-bond acceptors (Lipinski definition) is 3. The lowest BCUT2D eigenvalue weighted by Crippen LogP contribution is -2.22. The van der Waals surface area contributed by atoms with Crippen LogP contribution in [0.5, 0.6) is 0 Å². The van der Waals surface area contributed by atoms with Crippen molar-refractivity contribution in [3.05, 3.63) is 69.2 Å². The van der Waals surface area contributed by atoms with E-state index in [9.17, 15) is 9.18 Å². The zero-order valence-electron chi connectivity index (χ0n) is 14.6. The van der Waals surface area contributed by atoms with Gasteiger partial charge >= 0.3 is 0 Å². The van der Waals surface area contributed by atoms with Crippen LogP contribution in [0.25, 0.3) is 5.69 Å². The molecule has 1 aliphatic rings. The van der Waals surface area contributed by atoms with Gasteiger partial charge in [0.1, 0.15) is 11.6 Å². The van der Waals surface area contributed by atoms with Crippen LogP contribution in [0.2, 0.25) is 0 Å². The van der Waals surface area contributed by atoms with E-state index in [-0.39, 0.29) is 11.7 Å². The van der Waals surface area contributed by atoms with Crippen LogP contribution in [-0.4, -0.2) is 15.5 Å². The zero-order chi connectivity index (χ0) is 18.1. The molecule has 26 heavy (non-hydrogen) atoms. The number of amides is 1. The lowest BCUT2D eigenvalue weighted by molar-refractivity contribution is 0.0955. The molecule has 1 aromatic carbocycles. The number of imidazole rings is 1. The molecule has 1 aliphatic carbocycles. The summed E-state index contributed by atoms with van der Waals surface area (Å²) in [6, 6.07) is 7.03. The van der Waals surface area contributed by atoms with Gasteiger partial charge in [0.15, 0.2) is 0 Å². The molecule has 0 bridgehead atoms. The van der Waals surface area contributed by atoms with Gasteiger partial charge in [0.25, 0.3) is 5.91 Å². The lowest BCUT2D eigenvalue weighted by Gasteiger charge is -2.09. The highest BCUT2D eigenvalue weighted by molar-refractivity contribution is 7.14. The molecule has 1 amide bonds. The maximum absolute atomic E-state index is 14.4. The normalized spacial score (nSPS) is 13.5. The Morgan fingerprint density at radius 1 is 1.31 bits per heavy atom. The molecule has 0 radical (unpaired) electrons. The van der Waals surface area contributed by atoms with Crippen LogP contribution in [0.3, 0.4) is 0 Å². The highest BCUT2D eigenvalue weighted by Gasteiger charge is 2.17. The number of nitrogens with zero attached hydrogens (tertiary/aromatic N) is 2. The first-order chi connectivity index (χ1) is 12.6. The molecule has 0 fully saturated rings. The molecule has 0 unspecified atom stereocenters. The Morgan fingerprint density at radius 3 is 2.88 bits per heavy atom. The van der Waals surface area contributed by atoms with E-state index in [1.165, 1.54) is 29.3 Å². The average molecular weight is 369 g/mol. The maximum atomic E-state index is 14.4. The van der Waals surface area contributed by atoms with Gasteiger partial charge in [0, 0.05) is 23.8 Å². The molecule has 0 saturated carbocycles. The second kappa shape index (κ2) is 7.03. The molecule has 1 N–H and O–H groups in total. The van der Waals surface area contributed by atoms with Gasteiger partial charge in [-0.2, -0.15) is 0 Å². The van der Waals surface area contributed by atoms with Gasteiger partial charge in [0.2, 0.25) is 0 Å². The molecular weight excluding hydrogens is 349 g/mol. The Kier molecular flexibility index (Phi) is 4.59. The van der Waals surface area contributed by atoms with E-state index >= 15 is 0 Å². The van der Waals surface area contributed by atoms with Crippen LogP contribution in [0.1, 0.15) is 44.3 Å². The summed E-state index contributed by atoms with van der Waals surface area (Å²) >= 11 is 1.59. The van der Waals surface area contributed by atoms with Gasteiger partial charge in [-0.15, -0.1) is 11.3 Å². The Balaban J connectivity index is 1.44. The van der Waals surface area contributed by atoms with Crippen LogP contribution in [0.15, 0.2) is 36.7 Å². The van der Waals surface area contributed by atoms with Gasteiger partial charge in [-0.05, 0) is 61.9 Å². The van der Waals surface area contributed by atoms with Crippen molar-refractivity contribution in [2.45, 2.75) is 39.2 Å². The van der Waals surface area contributed by atoms with E-state index < -0.39 is 0 Å². The van der Waals surface area contributed by atoms with Gasteiger partial charge in [-0.3, -0.25) is 4.79 Å². The Labute approximate surface area is 155 Å². The van der Waals surface area contributed by atoms with E-state index in [1.54, 1.807) is 34.4 Å². The summed E-state index contributed by atoms with van der Waals surface area (Å²) < 4.78 is 16.1. The summed E-state index contributed by atoms with van der Waals surface area (Å²) in [5.74, 6) is 0.315. The van der Waals surface area contributed by atoms with Gasteiger partial charge < -0.3 is 9.88 Å². The predicted molar refractivity (Wildman–Crippen MR) is 100 cm³/mol. The maximum Gasteiger partial charge on any atom is 0.261 e. The SMILES string of the molecule is Cc1nccn1-c1ccc(CNC(=O)c2cc3c(s2)CCCC3)cc1F. The number of fused-ring (bicyclic) bond motifs is 1. The molecule has 0 atom stereocenters. The van der Waals surface area contributed by atoms with Crippen molar-refractivity contribution in [1.82, 2.24) is 14.9 Å². The van der Waals surface area contributed by atoms with Crippen LogP contribution in [0, 0.1) is 12.7 Å². The molecule has 6 heteroatoms. The number of thiophene rings is 1. The van der Waals surface area contributed by atoms with Crippen LogP contribution >= 0.6 is 11.3 Å². The summed E-state index contributed by atoms with van der Waals surface area (Å²) in [6.45, 7) is 2.13. The van der Waals surface area contributed by atoms with Crippen molar-refractivity contribution in [2.75, 3.05) is 0 Å². The highest BCUT2D eigenvalue weighted by atomic mass is 32.1. The van der Waals surface area contributed by atoms with Crippen molar-refractivity contribution < 1.29 is 9.18 Å². The molecule has 2 heterocycles. The first-order valence-electron chi connectivity index (χ1n) is 8.80. The number of aryl methyl sites for hydroxylation is 3. The fourth-order valence-corrected chi connectivity index (χ4v) is 4.53. The van der Waals surface area contributed by atoms with E-state index in [2.05, 4.69) is 10.3 Å². The predicted octanol–water partition coefficient (Wildman–Crippen LogP) is 4.19. The molecule has 3 aromatic rings. The van der Waals surface area contributed by atoms with Crippen LogP contribution in [0.4, 0.5) is 4.39 Å². The van der Waals surface area contributed by atoms with Gasteiger partial charge in [-0.1, -0.05) is 6.07 Å². The van der Waals surface area contributed by atoms with Gasteiger partial charge in [-0.25, -0.2) is 9.37 Å². The average Bonchev–Trinajstić information content (AvgIpc) is 3.26. The van der Waals surface area contributed by atoms with E-state index in [0.29, 0.717) is 12.2 Å². The number of carbonyl (C=O) groups excluding carboxylic acids is 1. The molecular formula is C20H20FN3OS. The molecule has 2 aromatic heterocycles. The minimum absolute atomic E-state index is 0.0839. The number of hydrogen-bond donors (Lipinski definition) is 1. The van der Waals surface area contributed by atoms with Crippen LogP contribution < -0.4 is 5.32 Å². The second-order valence-electron chi connectivity index (χ2n) is 6.58. The van der Waals surface area contributed by atoms with E-state index in [0.717, 1.165) is 29.1 Å². The number of aromatic nitrogens is 2. The molecule has 4 nitrogen and oxygen atoms in total. The van der Waals surface area contributed by atoms with E-state index in [1.807, 2.05) is 19.1 Å². The Hall–Kier alpha value is -2.47. The minimum Gasteiger partial charge on any atom is -0.347 e. The number of carbonyl (C=O) groups is 1. The third-order valence-electron chi connectivity index (χ3n) is 4.77. The standard InChI is InChI=1S/C20H20FN3OS/c1-13-22-8-9-24(13)17-7-6-14(10-16(17)21)12-23-20(25)19-11-15-4-2-3-5-18(15)26-19/h6-11H,2-5,12H2,1H3,(H,23,25). The summed E-state index contributed by atoms with van der Waals surface area (Å²) in [5.41, 5.74) is 2.51.